The molecular weight excluding hydrogens is 294 g/mol. The first-order chi connectivity index (χ1) is 11.8. The van der Waals surface area contributed by atoms with Crippen molar-refractivity contribution in [1.29, 1.82) is 0 Å². The summed E-state index contributed by atoms with van der Waals surface area (Å²) in [7, 11) is 0. The summed E-state index contributed by atoms with van der Waals surface area (Å²) >= 11 is 0. The van der Waals surface area contributed by atoms with Crippen LogP contribution in [0.15, 0.2) is 67.5 Å². The fraction of sp³-hybridized carbons (Fsp3) is 0.455. The van der Waals surface area contributed by atoms with Crippen molar-refractivity contribution >= 4 is 0 Å². The van der Waals surface area contributed by atoms with Crippen molar-refractivity contribution in [2.45, 2.75) is 44.6 Å². The van der Waals surface area contributed by atoms with Crippen LogP contribution in [0.3, 0.4) is 0 Å². The third-order valence-electron chi connectivity index (χ3n) is 4.65. The van der Waals surface area contributed by atoms with Crippen LogP contribution in [-0.4, -0.2) is 30.6 Å². The van der Waals surface area contributed by atoms with E-state index >= 15 is 0 Å². The number of likely N-dealkylation sites (tertiary alicyclic amines) is 1. The second kappa shape index (κ2) is 10.9. The van der Waals surface area contributed by atoms with Crippen LogP contribution in [0.5, 0.6) is 0 Å². The predicted molar refractivity (Wildman–Crippen MR) is 103 cm³/mol. The van der Waals surface area contributed by atoms with Gasteiger partial charge in [-0.3, -0.25) is 0 Å². The van der Waals surface area contributed by atoms with Crippen LogP contribution < -0.4 is 0 Å². The molecule has 0 spiro atoms. The highest BCUT2D eigenvalue weighted by Gasteiger charge is 2.21. The Morgan fingerprint density at radius 1 is 1.17 bits per heavy atom. The number of unbranched alkanes of at least 4 members (excludes halogenated alkanes) is 1. The summed E-state index contributed by atoms with van der Waals surface area (Å²) in [6.45, 7) is 10.6. The van der Waals surface area contributed by atoms with Crippen LogP contribution >= 0.6 is 0 Å². The maximum atomic E-state index is 5.70. The van der Waals surface area contributed by atoms with E-state index in [4.69, 9.17) is 4.74 Å². The highest BCUT2D eigenvalue weighted by Crippen LogP contribution is 2.21. The lowest BCUT2D eigenvalue weighted by Gasteiger charge is -2.36. The van der Waals surface area contributed by atoms with Gasteiger partial charge in [0, 0.05) is 6.04 Å². The third kappa shape index (κ3) is 6.37. The summed E-state index contributed by atoms with van der Waals surface area (Å²) in [5, 5.41) is 0. The molecule has 1 saturated heterocycles. The van der Waals surface area contributed by atoms with Gasteiger partial charge in [-0.1, -0.05) is 56.0 Å². The first-order valence-corrected chi connectivity index (χ1v) is 9.19. The van der Waals surface area contributed by atoms with Crippen molar-refractivity contribution in [3.8, 4) is 0 Å². The second-order valence-corrected chi connectivity index (χ2v) is 6.44. The molecule has 1 unspecified atom stereocenters. The summed E-state index contributed by atoms with van der Waals surface area (Å²) in [5.74, 6) is 0.810. The second-order valence-electron chi connectivity index (χ2n) is 6.44. The topological polar surface area (TPSA) is 12.5 Å². The smallest absolute Gasteiger partial charge is 0.118 e. The Morgan fingerprint density at radius 2 is 2.00 bits per heavy atom. The van der Waals surface area contributed by atoms with Crippen LogP contribution in [-0.2, 0) is 11.2 Å². The van der Waals surface area contributed by atoms with Crippen LogP contribution in [0.1, 0.15) is 37.7 Å². The van der Waals surface area contributed by atoms with Gasteiger partial charge in [-0.15, -0.1) is 0 Å². The summed E-state index contributed by atoms with van der Waals surface area (Å²) in [5.41, 5.74) is 1.46. The number of ether oxygens (including phenoxy) is 1. The zero-order chi connectivity index (χ0) is 17.0. The Labute approximate surface area is 147 Å². The summed E-state index contributed by atoms with van der Waals surface area (Å²) < 4.78 is 5.70. The maximum Gasteiger partial charge on any atom is 0.118 e. The van der Waals surface area contributed by atoms with Crippen LogP contribution in [0.2, 0.25) is 0 Å². The lowest BCUT2D eigenvalue weighted by atomic mass is 9.95. The molecule has 2 rings (SSSR count). The Hall–Kier alpha value is -1.80. The molecular formula is C22H31NO. The average Bonchev–Trinajstić information content (AvgIpc) is 2.62. The van der Waals surface area contributed by atoms with Gasteiger partial charge in [0.2, 0.25) is 0 Å². The maximum absolute atomic E-state index is 5.70. The summed E-state index contributed by atoms with van der Waals surface area (Å²) in [6, 6.07) is 11.6. The molecule has 1 aromatic carbocycles. The molecule has 130 valence electrons. The molecule has 24 heavy (non-hydrogen) atoms. The van der Waals surface area contributed by atoms with Gasteiger partial charge in [0.05, 0.1) is 6.61 Å². The number of rotatable bonds is 10. The van der Waals surface area contributed by atoms with Crippen LogP contribution in [0.4, 0.5) is 0 Å². The molecule has 0 aromatic heterocycles. The van der Waals surface area contributed by atoms with Gasteiger partial charge >= 0.3 is 0 Å². The molecule has 0 radical (unpaired) electrons. The van der Waals surface area contributed by atoms with Crippen molar-refractivity contribution in [3.05, 3.63) is 73.0 Å². The van der Waals surface area contributed by atoms with E-state index in [0.717, 1.165) is 18.8 Å². The SMILES string of the molecule is C=C/C=C(\C=C)OCCCCN1CCCCC1Cc1ccccc1. The van der Waals surface area contributed by atoms with Crippen molar-refractivity contribution in [2.24, 2.45) is 0 Å². The quantitative estimate of drug-likeness (QED) is 0.336. The molecule has 0 saturated carbocycles. The van der Waals surface area contributed by atoms with Crippen LogP contribution in [0.25, 0.3) is 0 Å². The third-order valence-corrected chi connectivity index (χ3v) is 4.65. The zero-order valence-corrected chi connectivity index (χ0v) is 14.8. The molecule has 1 heterocycles. The van der Waals surface area contributed by atoms with E-state index in [1.165, 1.54) is 50.8 Å². The van der Waals surface area contributed by atoms with Crippen molar-refractivity contribution in [3.63, 3.8) is 0 Å². The Bertz CT molecular complexity index is 520. The van der Waals surface area contributed by atoms with Gasteiger partial charge in [-0.25, -0.2) is 0 Å². The predicted octanol–water partition coefficient (Wildman–Crippen LogP) is 5.14. The van der Waals surface area contributed by atoms with E-state index in [9.17, 15) is 0 Å². The van der Waals surface area contributed by atoms with Crippen molar-refractivity contribution in [1.82, 2.24) is 4.90 Å². The minimum absolute atomic E-state index is 0.700. The largest absolute Gasteiger partial charge is 0.494 e. The van der Waals surface area contributed by atoms with E-state index in [1.807, 2.05) is 6.08 Å². The summed E-state index contributed by atoms with van der Waals surface area (Å²) in [6.07, 6.45) is 12.8. The molecule has 0 aliphatic carbocycles. The normalized spacial score (nSPS) is 19.0. The first-order valence-electron chi connectivity index (χ1n) is 9.19. The molecule has 0 amide bonds. The molecule has 0 bridgehead atoms. The van der Waals surface area contributed by atoms with Gasteiger partial charge in [-0.2, -0.15) is 0 Å². The standard InChI is InChI=1S/C22H31NO/c1-3-12-22(4-2)24-18-11-10-17-23-16-9-8-15-21(23)19-20-13-6-5-7-14-20/h3-7,12-14,21H,1-2,8-11,15-19H2/b22-12+. The fourth-order valence-corrected chi connectivity index (χ4v) is 3.37. The number of benzene rings is 1. The fourth-order valence-electron chi connectivity index (χ4n) is 3.37. The van der Waals surface area contributed by atoms with Gasteiger partial charge < -0.3 is 9.64 Å². The first kappa shape index (κ1) is 18.5. The average molecular weight is 325 g/mol. The number of piperidine rings is 1. The van der Waals surface area contributed by atoms with Crippen LogP contribution in [0, 0.1) is 0 Å². The molecule has 1 aliphatic rings. The molecule has 1 fully saturated rings. The van der Waals surface area contributed by atoms with Crippen molar-refractivity contribution in [2.75, 3.05) is 19.7 Å². The number of nitrogens with zero attached hydrogens (tertiary/aromatic N) is 1. The van der Waals surface area contributed by atoms with E-state index < -0.39 is 0 Å². The van der Waals surface area contributed by atoms with Gasteiger partial charge in [-0.05, 0) is 62.9 Å². The highest BCUT2D eigenvalue weighted by atomic mass is 16.5. The minimum atomic E-state index is 0.700. The number of hydrogen-bond acceptors (Lipinski definition) is 2. The molecule has 1 atom stereocenters. The van der Waals surface area contributed by atoms with E-state index in [1.54, 1.807) is 12.2 Å². The van der Waals surface area contributed by atoms with E-state index in [0.29, 0.717) is 6.04 Å². The van der Waals surface area contributed by atoms with E-state index in [2.05, 4.69) is 48.4 Å². The molecule has 1 aliphatic heterocycles. The Morgan fingerprint density at radius 3 is 2.75 bits per heavy atom. The molecule has 1 aromatic rings. The molecule has 2 nitrogen and oxygen atoms in total. The lowest BCUT2D eigenvalue weighted by Crippen LogP contribution is -2.41. The number of hydrogen-bond donors (Lipinski definition) is 0. The van der Waals surface area contributed by atoms with Gasteiger partial charge in [0.15, 0.2) is 0 Å². The lowest BCUT2D eigenvalue weighted by molar-refractivity contribution is 0.138. The monoisotopic (exact) mass is 325 g/mol. The van der Waals surface area contributed by atoms with Crippen molar-refractivity contribution < 1.29 is 4.74 Å². The zero-order valence-electron chi connectivity index (χ0n) is 14.8. The van der Waals surface area contributed by atoms with Gasteiger partial charge in [0.25, 0.3) is 0 Å². The molecule has 2 heteroatoms. The minimum Gasteiger partial charge on any atom is -0.494 e. The van der Waals surface area contributed by atoms with E-state index in [-0.39, 0.29) is 0 Å². The summed E-state index contributed by atoms with van der Waals surface area (Å²) in [4.78, 5) is 2.69. The number of allylic oxidation sites excluding steroid dienone is 3. The Balaban J connectivity index is 1.72. The Kier molecular flexibility index (Phi) is 8.40. The highest BCUT2D eigenvalue weighted by molar-refractivity contribution is 5.16. The van der Waals surface area contributed by atoms with Gasteiger partial charge in [0.1, 0.15) is 5.76 Å². The molecule has 0 N–H and O–H groups in total.